The van der Waals surface area contributed by atoms with Crippen molar-refractivity contribution in [3.63, 3.8) is 0 Å². The van der Waals surface area contributed by atoms with E-state index in [0.717, 1.165) is 31.6 Å². The van der Waals surface area contributed by atoms with Crippen LogP contribution in [0.4, 0.5) is 28.0 Å². The van der Waals surface area contributed by atoms with Crippen LogP contribution >= 0.6 is 11.6 Å². The Bertz CT molecular complexity index is 1990. The summed E-state index contributed by atoms with van der Waals surface area (Å²) in [6.45, 7) is 0.787. The van der Waals surface area contributed by atoms with Crippen molar-refractivity contribution in [2.24, 2.45) is 5.73 Å². The number of benzene rings is 3. The summed E-state index contributed by atoms with van der Waals surface area (Å²) in [5.74, 6) is -3.75. The minimum absolute atomic E-state index is 0.0711. The van der Waals surface area contributed by atoms with Crippen molar-refractivity contribution in [3.05, 3.63) is 119 Å². The van der Waals surface area contributed by atoms with Gasteiger partial charge in [0, 0.05) is 42.2 Å². The van der Waals surface area contributed by atoms with Crippen molar-refractivity contribution in [1.29, 1.82) is 0 Å². The predicted octanol–water partition coefficient (Wildman–Crippen LogP) is 5.63. The Morgan fingerprint density at radius 3 is 2.44 bits per heavy atom. The lowest BCUT2D eigenvalue weighted by Crippen LogP contribution is -2.53. The van der Waals surface area contributed by atoms with E-state index in [1.54, 1.807) is 18.2 Å². The summed E-state index contributed by atoms with van der Waals surface area (Å²) in [5.41, 5.74) is 6.60. The summed E-state index contributed by atoms with van der Waals surface area (Å²) in [6, 6.07) is 16.4. The standard InChI is InChI=1S/C35H34ClF4N5O6S/c1-50-34(47)45(33(46)32(41)31(22-10-12-24(36)13-11-22)23-6-5-7-26(18-23)51-35(38,39)40)30-21-43-20-29(37)28(30)15-14-25-19-42-16-17-44(25)52(48,49)27-8-3-2-4-9-27/h2-13,18,20-21,25,31-32,42H,14-17,19,41H2,1H3/t25-,31-,32-/m0/s1. The zero-order valence-electron chi connectivity index (χ0n) is 27.6. The van der Waals surface area contributed by atoms with Crippen LogP contribution in [0.25, 0.3) is 0 Å². The van der Waals surface area contributed by atoms with Crippen LogP contribution in [0.15, 0.2) is 96.2 Å². The summed E-state index contributed by atoms with van der Waals surface area (Å²) < 4.78 is 92.5. The third-order valence-corrected chi connectivity index (χ3v) is 10.7. The lowest BCUT2D eigenvalue weighted by molar-refractivity contribution is -0.274. The molecule has 3 aromatic carbocycles. The second-order valence-electron chi connectivity index (χ2n) is 11.8. The number of ether oxygens (including phenoxy) is 2. The summed E-state index contributed by atoms with van der Waals surface area (Å²) in [4.78, 5) is 32.1. The Morgan fingerprint density at radius 1 is 1.06 bits per heavy atom. The number of amides is 2. The van der Waals surface area contributed by atoms with Crippen LogP contribution in [0.1, 0.15) is 29.0 Å². The van der Waals surface area contributed by atoms with E-state index < -0.39 is 58.0 Å². The number of carbonyl (C=O) groups excluding carboxylic acids is 2. The fraction of sp³-hybridized carbons (Fsp3) is 0.286. The number of hydrogen-bond acceptors (Lipinski definition) is 9. The van der Waals surface area contributed by atoms with Crippen LogP contribution in [0.3, 0.4) is 0 Å². The molecule has 0 bridgehead atoms. The molecule has 2 amide bonds. The number of carbonyl (C=O) groups is 2. The average Bonchev–Trinajstić information content (AvgIpc) is 3.12. The first-order chi connectivity index (χ1) is 24.7. The van der Waals surface area contributed by atoms with Gasteiger partial charge >= 0.3 is 12.5 Å². The molecule has 52 heavy (non-hydrogen) atoms. The number of rotatable bonds is 11. The Labute approximate surface area is 302 Å². The average molecular weight is 764 g/mol. The Balaban J connectivity index is 1.50. The lowest BCUT2D eigenvalue weighted by atomic mass is 9.84. The number of nitrogens with one attached hydrogen (secondary N) is 1. The number of imide groups is 1. The molecule has 276 valence electrons. The quantitative estimate of drug-likeness (QED) is 0.186. The molecule has 4 aromatic rings. The second-order valence-corrected chi connectivity index (χ2v) is 14.1. The first-order valence-electron chi connectivity index (χ1n) is 15.9. The Kier molecular flexibility index (Phi) is 12.2. The van der Waals surface area contributed by atoms with Gasteiger partial charge in [-0.3, -0.25) is 9.78 Å². The van der Waals surface area contributed by atoms with E-state index in [2.05, 4.69) is 15.0 Å². The summed E-state index contributed by atoms with van der Waals surface area (Å²) in [7, 11) is -2.92. The van der Waals surface area contributed by atoms with Crippen molar-refractivity contribution in [2.45, 2.75) is 42.1 Å². The fourth-order valence-electron chi connectivity index (χ4n) is 6.11. The molecule has 11 nitrogen and oxygen atoms in total. The molecule has 0 unspecified atom stereocenters. The number of hydrogen-bond donors (Lipinski definition) is 2. The van der Waals surface area contributed by atoms with Crippen LogP contribution in [0, 0.1) is 5.82 Å². The zero-order chi connectivity index (χ0) is 37.6. The number of piperazine rings is 1. The number of anilines is 1. The predicted molar refractivity (Wildman–Crippen MR) is 184 cm³/mol. The molecule has 0 spiro atoms. The number of aromatic nitrogens is 1. The van der Waals surface area contributed by atoms with Crippen LogP contribution < -0.4 is 20.7 Å². The SMILES string of the molecule is COC(=O)N(C(=O)[C@@H](N)[C@@H](c1ccc(Cl)cc1)c1cccc(OC(F)(F)F)c1)c1cncc(F)c1CC[C@H]1CNCCN1S(=O)(=O)c1ccccc1. The molecule has 17 heteroatoms. The Morgan fingerprint density at radius 2 is 1.77 bits per heavy atom. The number of alkyl halides is 3. The van der Waals surface area contributed by atoms with E-state index in [4.69, 9.17) is 22.1 Å². The van der Waals surface area contributed by atoms with Crippen LogP contribution in [0.5, 0.6) is 5.75 Å². The number of nitrogens with zero attached hydrogens (tertiary/aromatic N) is 3. The maximum atomic E-state index is 15.6. The highest BCUT2D eigenvalue weighted by Gasteiger charge is 2.39. The van der Waals surface area contributed by atoms with Gasteiger partial charge < -0.3 is 20.5 Å². The second kappa shape index (κ2) is 16.4. The number of halogens is 5. The molecule has 0 aliphatic carbocycles. The van der Waals surface area contributed by atoms with E-state index in [0.29, 0.717) is 22.0 Å². The Hall–Kier alpha value is -4.61. The molecule has 1 aliphatic heterocycles. The lowest BCUT2D eigenvalue weighted by Gasteiger charge is -2.35. The van der Waals surface area contributed by atoms with Gasteiger partial charge in [-0.2, -0.15) is 4.31 Å². The third-order valence-electron chi connectivity index (χ3n) is 8.50. The number of sulfonamides is 1. The molecule has 5 rings (SSSR count). The highest BCUT2D eigenvalue weighted by Crippen LogP contribution is 2.35. The molecule has 1 aromatic heterocycles. The van der Waals surface area contributed by atoms with Gasteiger partial charge in [0.25, 0.3) is 5.91 Å². The third kappa shape index (κ3) is 8.87. The summed E-state index contributed by atoms with van der Waals surface area (Å²) in [5, 5.41) is 3.48. The molecular weight excluding hydrogens is 730 g/mol. The normalized spacial score (nSPS) is 16.5. The molecule has 3 N–H and O–H groups in total. The number of nitrogens with two attached hydrogens (primary N) is 1. The maximum Gasteiger partial charge on any atom is 0.573 e. The van der Waals surface area contributed by atoms with Gasteiger partial charge in [-0.25, -0.2) is 22.5 Å². The molecule has 1 fully saturated rings. The van der Waals surface area contributed by atoms with Gasteiger partial charge in [0.2, 0.25) is 10.0 Å². The fourth-order valence-corrected chi connectivity index (χ4v) is 7.91. The van der Waals surface area contributed by atoms with Crippen molar-refractivity contribution in [3.8, 4) is 5.75 Å². The highest BCUT2D eigenvalue weighted by molar-refractivity contribution is 7.89. The first kappa shape index (κ1) is 38.6. The molecule has 1 saturated heterocycles. The molecule has 0 radical (unpaired) electrons. The summed E-state index contributed by atoms with van der Waals surface area (Å²) in [6.07, 6.45) is -4.37. The van der Waals surface area contributed by atoms with Gasteiger partial charge in [-0.1, -0.05) is 54.1 Å². The van der Waals surface area contributed by atoms with Gasteiger partial charge in [0.1, 0.15) is 11.6 Å². The van der Waals surface area contributed by atoms with E-state index in [-0.39, 0.29) is 47.6 Å². The molecule has 1 aliphatic rings. The van der Waals surface area contributed by atoms with Crippen LogP contribution in [0.2, 0.25) is 5.02 Å². The monoisotopic (exact) mass is 763 g/mol. The van der Waals surface area contributed by atoms with E-state index in [1.165, 1.54) is 52.8 Å². The highest BCUT2D eigenvalue weighted by atomic mass is 35.5. The van der Waals surface area contributed by atoms with Crippen molar-refractivity contribution in [2.75, 3.05) is 31.6 Å². The minimum Gasteiger partial charge on any atom is -0.452 e. The number of pyridine rings is 1. The van der Waals surface area contributed by atoms with E-state index >= 15 is 4.39 Å². The van der Waals surface area contributed by atoms with Gasteiger partial charge in [-0.05, 0) is 60.4 Å². The minimum atomic E-state index is -5.01. The van der Waals surface area contributed by atoms with Gasteiger partial charge in [-0.15, -0.1) is 13.2 Å². The van der Waals surface area contributed by atoms with Crippen LogP contribution in [-0.2, 0) is 26.0 Å². The van der Waals surface area contributed by atoms with E-state index in [9.17, 15) is 31.2 Å². The number of methoxy groups -OCH3 is 1. The topological polar surface area (TPSA) is 144 Å². The maximum absolute atomic E-state index is 15.6. The van der Waals surface area contributed by atoms with Crippen molar-refractivity contribution >= 4 is 39.3 Å². The first-order valence-corrected chi connectivity index (χ1v) is 17.7. The smallest absolute Gasteiger partial charge is 0.452 e. The van der Waals surface area contributed by atoms with Crippen LogP contribution in [-0.4, -0.2) is 74.9 Å². The van der Waals surface area contributed by atoms with Gasteiger partial charge in [0.15, 0.2) is 0 Å². The molecule has 0 saturated carbocycles. The molecule has 2 heterocycles. The summed E-state index contributed by atoms with van der Waals surface area (Å²) >= 11 is 6.08. The van der Waals surface area contributed by atoms with E-state index in [1.807, 2.05) is 0 Å². The molecular formula is C35H34ClF4N5O6S. The molecule has 3 atom stereocenters. The van der Waals surface area contributed by atoms with Gasteiger partial charge in [0.05, 0.1) is 36.1 Å². The zero-order valence-corrected chi connectivity index (χ0v) is 29.2. The van der Waals surface area contributed by atoms with Crippen molar-refractivity contribution < 1.29 is 45.0 Å². The van der Waals surface area contributed by atoms with Crippen molar-refractivity contribution in [1.82, 2.24) is 14.6 Å². The largest absolute Gasteiger partial charge is 0.573 e.